The van der Waals surface area contributed by atoms with Gasteiger partial charge in [-0.2, -0.15) is 5.10 Å². The molecule has 0 atom stereocenters. The van der Waals surface area contributed by atoms with Crippen molar-refractivity contribution in [2.24, 2.45) is 5.10 Å². The van der Waals surface area contributed by atoms with Crippen molar-refractivity contribution >= 4 is 18.0 Å². The molecule has 0 radical (unpaired) electrons. The minimum absolute atomic E-state index is 0.0989. The number of phenols is 2. The van der Waals surface area contributed by atoms with E-state index in [1.807, 2.05) is 0 Å². The SMILES string of the molecule is COc1cc(C(=O)NCC(=O)NN=Cc2ccc(O)cc2O)cc(OC)c1OC. The Bertz CT molecular complexity index is 903. The molecule has 0 aliphatic rings. The van der Waals surface area contributed by atoms with E-state index >= 15 is 0 Å². The number of benzene rings is 2. The number of hydrogen-bond acceptors (Lipinski definition) is 8. The normalized spacial score (nSPS) is 10.4. The van der Waals surface area contributed by atoms with E-state index in [0.29, 0.717) is 22.8 Å². The molecule has 10 nitrogen and oxygen atoms in total. The van der Waals surface area contributed by atoms with Gasteiger partial charge >= 0.3 is 0 Å². The molecule has 0 fully saturated rings. The Morgan fingerprint density at radius 1 is 1.03 bits per heavy atom. The molecule has 0 heterocycles. The molecule has 10 heteroatoms. The van der Waals surface area contributed by atoms with Gasteiger partial charge in [-0.3, -0.25) is 9.59 Å². The topological polar surface area (TPSA) is 139 Å². The largest absolute Gasteiger partial charge is 0.508 e. The highest BCUT2D eigenvalue weighted by Gasteiger charge is 2.17. The number of hydrogen-bond donors (Lipinski definition) is 4. The molecule has 0 unspecified atom stereocenters. The molecule has 0 aromatic heterocycles. The van der Waals surface area contributed by atoms with Crippen LogP contribution in [0, 0.1) is 0 Å². The van der Waals surface area contributed by atoms with E-state index < -0.39 is 11.8 Å². The standard InChI is InChI=1S/C19H21N3O7/c1-27-15-6-12(7-16(28-2)18(15)29-3)19(26)20-10-17(25)22-21-9-11-4-5-13(23)8-14(11)24/h4-9,23-24H,10H2,1-3H3,(H,20,26)(H,22,25). The van der Waals surface area contributed by atoms with Gasteiger partial charge in [0.15, 0.2) is 11.5 Å². The Kier molecular flexibility index (Phi) is 7.24. The highest BCUT2D eigenvalue weighted by atomic mass is 16.5. The van der Waals surface area contributed by atoms with Crippen molar-refractivity contribution in [1.29, 1.82) is 0 Å². The van der Waals surface area contributed by atoms with Crippen molar-refractivity contribution < 1.29 is 34.0 Å². The molecule has 2 aromatic carbocycles. The first-order chi connectivity index (χ1) is 13.9. The van der Waals surface area contributed by atoms with E-state index in [1.54, 1.807) is 0 Å². The third kappa shape index (κ3) is 5.51. The number of amides is 2. The van der Waals surface area contributed by atoms with Crippen LogP contribution in [-0.4, -0.2) is 56.1 Å². The fourth-order valence-corrected chi connectivity index (χ4v) is 2.33. The first-order valence-electron chi connectivity index (χ1n) is 8.31. The summed E-state index contributed by atoms with van der Waals surface area (Å²) in [5, 5.41) is 25.0. The number of nitrogens with one attached hydrogen (secondary N) is 2. The molecule has 0 spiro atoms. The third-order valence-electron chi connectivity index (χ3n) is 3.74. The molecule has 154 valence electrons. The van der Waals surface area contributed by atoms with Crippen LogP contribution in [0.2, 0.25) is 0 Å². The number of rotatable bonds is 8. The van der Waals surface area contributed by atoms with Crippen LogP contribution in [0.25, 0.3) is 0 Å². The van der Waals surface area contributed by atoms with Crippen molar-refractivity contribution in [2.75, 3.05) is 27.9 Å². The maximum Gasteiger partial charge on any atom is 0.259 e. The molecule has 2 aromatic rings. The average Bonchev–Trinajstić information content (AvgIpc) is 2.72. The molecule has 4 N–H and O–H groups in total. The summed E-state index contributed by atoms with van der Waals surface area (Å²) < 4.78 is 15.6. The fourth-order valence-electron chi connectivity index (χ4n) is 2.33. The predicted octanol–water partition coefficient (Wildman–Crippen LogP) is 1.00. The lowest BCUT2D eigenvalue weighted by molar-refractivity contribution is -0.120. The van der Waals surface area contributed by atoms with E-state index in [9.17, 15) is 19.8 Å². The van der Waals surface area contributed by atoms with Gasteiger partial charge in [0, 0.05) is 17.2 Å². The van der Waals surface area contributed by atoms with Crippen molar-refractivity contribution in [2.45, 2.75) is 0 Å². The summed E-state index contributed by atoms with van der Waals surface area (Å²) in [6.07, 6.45) is 1.20. The van der Waals surface area contributed by atoms with Gasteiger partial charge in [0.1, 0.15) is 11.5 Å². The molecule has 0 saturated heterocycles. The van der Waals surface area contributed by atoms with E-state index in [4.69, 9.17) is 14.2 Å². The number of methoxy groups -OCH3 is 3. The molecule has 0 saturated carbocycles. The second-order valence-corrected chi connectivity index (χ2v) is 5.63. The zero-order valence-electron chi connectivity index (χ0n) is 16.1. The summed E-state index contributed by atoms with van der Waals surface area (Å²) in [6, 6.07) is 6.84. The van der Waals surface area contributed by atoms with E-state index in [1.165, 1.54) is 51.8 Å². The zero-order chi connectivity index (χ0) is 21.4. The molecule has 2 rings (SSSR count). The second kappa shape index (κ2) is 9.83. The monoisotopic (exact) mass is 403 g/mol. The molecule has 0 bridgehead atoms. The molecular formula is C19H21N3O7. The average molecular weight is 403 g/mol. The smallest absolute Gasteiger partial charge is 0.259 e. The summed E-state index contributed by atoms with van der Waals surface area (Å²) in [6.45, 7) is -0.339. The maximum atomic E-state index is 12.3. The van der Waals surface area contributed by atoms with Gasteiger partial charge in [0.05, 0.1) is 34.1 Å². The van der Waals surface area contributed by atoms with Crippen LogP contribution in [0.1, 0.15) is 15.9 Å². The number of carbonyl (C=O) groups is 2. The summed E-state index contributed by atoms with van der Waals surface area (Å²) in [5.74, 6) is -0.451. The first-order valence-corrected chi connectivity index (χ1v) is 8.31. The van der Waals surface area contributed by atoms with Crippen molar-refractivity contribution in [3.63, 3.8) is 0 Å². The van der Waals surface area contributed by atoms with Crippen molar-refractivity contribution in [3.8, 4) is 28.7 Å². The third-order valence-corrected chi connectivity index (χ3v) is 3.74. The summed E-state index contributed by atoms with van der Waals surface area (Å²) in [7, 11) is 4.30. The van der Waals surface area contributed by atoms with Gasteiger partial charge < -0.3 is 29.7 Å². The Morgan fingerprint density at radius 2 is 1.69 bits per heavy atom. The van der Waals surface area contributed by atoms with Gasteiger partial charge in [-0.05, 0) is 24.3 Å². The lowest BCUT2D eigenvalue weighted by atomic mass is 10.1. The van der Waals surface area contributed by atoms with Crippen molar-refractivity contribution in [1.82, 2.24) is 10.7 Å². The minimum atomic E-state index is -0.583. The molecule has 0 aliphatic carbocycles. The van der Waals surface area contributed by atoms with Gasteiger partial charge in [-0.15, -0.1) is 0 Å². The molecule has 29 heavy (non-hydrogen) atoms. The zero-order valence-corrected chi connectivity index (χ0v) is 16.1. The predicted molar refractivity (Wildman–Crippen MR) is 104 cm³/mol. The van der Waals surface area contributed by atoms with Crippen molar-refractivity contribution in [3.05, 3.63) is 41.5 Å². The number of carbonyl (C=O) groups excluding carboxylic acids is 2. The Labute approximate surface area is 166 Å². The number of ether oxygens (including phenoxy) is 3. The van der Waals surface area contributed by atoms with Crippen LogP contribution in [0.5, 0.6) is 28.7 Å². The highest BCUT2D eigenvalue weighted by Crippen LogP contribution is 2.38. The molecule has 0 aliphatic heterocycles. The lowest BCUT2D eigenvalue weighted by Gasteiger charge is -2.14. The Hall–Kier alpha value is -3.95. The summed E-state index contributed by atoms with van der Waals surface area (Å²) in [5.41, 5.74) is 2.72. The number of hydrazone groups is 1. The van der Waals surface area contributed by atoms with Gasteiger partial charge in [-0.25, -0.2) is 5.43 Å². The Morgan fingerprint density at radius 3 is 2.24 bits per heavy atom. The lowest BCUT2D eigenvalue weighted by Crippen LogP contribution is -2.34. The van der Waals surface area contributed by atoms with E-state index in [0.717, 1.165) is 6.07 Å². The van der Waals surface area contributed by atoms with Crippen LogP contribution in [0.4, 0.5) is 0 Å². The van der Waals surface area contributed by atoms with Gasteiger partial charge in [0.2, 0.25) is 5.75 Å². The fraction of sp³-hybridized carbons (Fsp3) is 0.211. The van der Waals surface area contributed by atoms with Gasteiger partial charge in [-0.1, -0.05) is 0 Å². The number of nitrogens with zero attached hydrogens (tertiary/aromatic N) is 1. The second-order valence-electron chi connectivity index (χ2n) is 5.63. The van der Waals surface area contributed by atoms with E-state index in [2.05, 4.69) is 15.8 Å². The summed E-state index contributed by atoms with van der Waals surface area (Å²) >= 11 is 0. The molecule has 2 amide bonds. The summed E-state index contributed by atoms with van der Waals surface area (Å²) in [4.78, 5) is 24.2. The Balaban J connectivity index is 1.96. The minimum Gasteiger partial charge on any atom is -0.508 e. The number of aromatic hydroxyl groups is 2. The highest BCUT2D eigenvalue weighted by molar-refractivity contribution is 5.97. The quantitative estimate of drug-likeness (QED) is 0.381. The maximum absolute atomic E-state index is 12.3. The van der Waals surface area contributed by atoms with E-state index in [-0.39, 0.29) is 23.6 Å². The van der Waals surface area contributed by atoms with Crippen LogP contribution in [-0.2, 0) is 4.79 Å². The number of phenolic OH excluding ortho intramolecular Hbond substituents is 2. The molecular weight excluding hydrogens is 382 g/mol. The van der Waals surface area contributed by atoms with Crippen LogP contribution >= 0.6 is 0 Å². The first kappa shape index (κ1) is 21.4. The van der Waals surface area contributed by atoms with Crippen LogP contribution in [0.3, 0.4) is 0 Å². The van der Waals surface area contributed by atoms with Crippen LogP contribution in [0.15, 0.2) is 35.4 Å². The van der Waals surface area contributed by atoms with Crippen LogP contribution < -0.4 is 25.0 Å². The van der Waals surface area contributed by atoms with Gasteiger partial charge in [0.25, 0.3) is 11.8 Å².